The Bertz CT molecular complexity index is 620. The molecule has 0 aliphatic heterocycles. The van der Waals surface area contributed by atoms with Crippen LogP contribution in [0.2, 0.25) is 0 Å². The summed E-state index contributed by atoms with van der Waals surface area (Å²) in [6, 6.07) is 9.90. The minimum atomic E-state index is -3.90. The second kappa shape index (κ2) is 8.34. The van der Waals surface area contributed by atoms with Gasteiger partial charge >= 0.3 is 11.0 Å². The molecule has 0 spiro atoms. The molecular formula is C14H18N2O4S. The third kappa shape index (κ3) is 5.49. The molecule has 0 atom stereocenters. The fourth-order valence-corrected chi connectivity index (χ4v) is 3.10. The molecule has 21 heavy (non-hydrogen) atoms. The quantitative estimate of drug-likeness (QED) is 0.199. The Kier molecular flexibility index (Phi) is 6.78. The van der Waals surface area contributed by atoms with Gasteiger partial charge in [0.15, 0.2) is 0 Å². The Morgan fingerprint density at radius 1 is 1.19 bits per heavy atom. The van der Waals surface area contributed by atoms with Crippen molar-refractivity contribution in [2.45, 2.75) is 25.7 Å². The minimum Gasteiger partial charge on any atom is -0.460 e. The number of aryl methyl sites for hydroxylation is 1. The largest absolute Gasteiger partial charge is 0.488 e. The molecule has 1 aromatic carbocycles. The van der Waals surface area contributed by atoms with Crippen molar-refractivity contribution in [1.82, 2.24) is 0 Å². The van der Waals surface area contributed by atoms with E-state index >= 15 is 0 Å². The minimum absolute atomic E-state index is 0.240. The average Bonchev–Trinajstić information content (AvgIpc) is 2.48. The lowest BCUT2D eigenvalue weighted by atomic mass is 10.1. The molecule has 0 unspecified atom stereocenters. The molecule has 1 aromatic rings. The van der Waals surface area contributed by atoms with Gasteiger partial charge in [0.25, 0.3) is 9.84 Å². The predicted octanol–water partition coefficient (Wildman–Crippen LogP) is 1.62. The summed E-state index contributed by atoms with van der Waals surface area (Å²) in [5.41, 5.74) is 9.82. The number of nitrogens with zero attached hydrogens (tertiary/aromatic N) is 2. The van der Waals surface area contributed by atoms with Gasteiger partial charge in [-0.15, -0.1) is 4.79 Å². The molecule has 114 valence electrons. The van der Waals surface area contributed by atoms with Crippen molar-refractivity contribution in [1.29, 1.82) is 0 Å². The first-order chi connectivity index (χ1) is 10.0. The number of sulfone groups is 1. The third-order valence-corrected chi connectivity index (χ3v) is 4.63. The highest BCUT2D eigenvalue weighted by Gasteiger charge is 2.36. The maximum absolute atomic E-state index is 11.8. The second-order valence-corrected chi connectivity index (χ2v) is 6.54. The first-order valence-corrected chi connectivity index (χ1v) is 8.23. The van der Waals surface area contributed by atoms with Crippen LogP contribution in [0.1, 0.15) is 24.8 Å². The van der Waals surface area contributed by atoms with Crippen LogP contribution in [0.25, 0.3) is 5.53 Å². The molecule has 0 aromatic heterocycles. The standard InChI is InChI=1S/C14H18N2O4S/c1-20-14(17)13(16-15)21(18,19)11-7-3-6-10-12-8-4-2-5-9-12/h2,4-5,8-9H,3,6-7,10-11H2,1H3. The summed E-state index contributed by atoms with van der Waals surface area (Å²) >= 11 is 0. The number of hydrogen-bond donors (Lipinski definition) is 0. The Labute approximate surface area is 124 Å². The van der Waals surface area contributed by atoms with Crippen molar-refractivity contribution < 1.29 is 22.7 Å². The molecule has 0 fully saturated rings. The highest BCUT2D eigenvalue weighted by Crippen LogP contribution is 2.08. The molecule has 0 radical (unpaired) electrons. The fraction of sp³-hybridized carbons (Fsp3) is 0.429. The third-order valence-electron chi connectivity index (χ3n) is 2.97. The Morgan fingerprint density at radius 2 is 1.86 bits per heavy atom. The fourth-order valence-electron chi connectivity index (χ4n) is 1.86. The maximum Gasteiger partial charge on any atom is 0.488 e. The van der Waals surface area contributed by atoms with Crippen LogP contribution < -0.4 is 0 Å². The Hall–Kier alpha value is -1.98. The van der Waals surface area contributed by atoms with Crippen LogP contribution in [-0.2, 0) is 25.8 Å². The van der Waals surface area contributed by atoms with E-state index in [2.05, 4.69) is 9.53 Å². The molecule has 7 heteroatoms. The highest BCUT2D eigenvalue weighted by atomic mass is 32.2. The van der Waals surface area contributed by atoms with Gasteiger partial charge in [0.1, 0.15) is 0 Å². The number of benzene rings is 1. The second-order valence-electron chi connectivity index (χ2n) is 4.51. The normalized spacial score (nSPS) is 10.7. The molecule has 0 saturated carbocycles. The average molecular weight is 310 g/mol. The SMILES string of the molecule is COC(=O)C(=[N+]=[N-])S(=O)(=O)CCCCCc1ccccc1. The van der Waals surface area contributed by atoms with Crippen LogP contribution in [0.15, 0.2) is 30.3 Å². The van der Waals surface area contributed by atoms with E-state index in [-0.39, 0.29) is 5.75 Å². The number of hydrogen-bond acceptors (Lipinski definition) is 4. The molecule has 0 bridgehead atoms. The molecule has 6 nitrogen and oxygen atoms in total. The summed E-state index contributed by atoms with van der Waals surface area (Å²) in [5, 5.41) is -0.937. The van der Waals surface area contributed by atoms with Gasteiger partial charge in [-0.2, -0.15) is 0 Å². The van der Waals surface area contributed by atoms with Gasteiger partial charge in [0, 0.05) is 0 Å². The number of carbonyl (C=O) groups excluding carboxylic acids is 1. The molecule has 0 amide bonds. The van der Waals surface area contributed by atoms with Crippen LogP contribution in [0.4, 0.5) is 0 Å². The van der Waals surface area contributed by atoms with Gasteiger partial charge in [0.05, 0.1) is 12.9 Å². The lowest BCUT2D eigenvalue weighted by Crippen LogP contribution is -2.28. The van der Waals surface area contributed by atoms with E-state index in [4.69, 9.17) is 5.53 Å². The summed E-state index contributed by atoms with van der Waals surface area (Å²) in [5.74, 6) is -1.39. The van der Waals surface area contributed by atoms with Crippen molar-refractivity contribution >= 4 is 20.9 Å². The van der Waals surface area contributed by atoms with Gasteiger partial charge in [-0.3, -0.25) is 0 Å². The van der Waals surface area contributed by atoms with Crippen molar-refractivity contribution in [2.24, 2.45) is 0 Å². The van der Waals surface area contributed by atoms with E-state index in [9.17, 15) is 13.2 Å². The van der Waals surface area contributed by atoms with Gasteiger partial charge < -0.3 is 10.3 Å². The lowest BCUT2D eigenvalue weighted by molar-refractivity contribution is -0.136. The zero-order valence-corrected chi connectivity index (χ0v) is 12.7. The lowest BCUT2D eigenvalue weighted by Gasteiger charge is -2.01. The zero-order valence-electron chi connectivity index (χ0n) is 11.9. The molecule has 1 rings (SSSR count). The smallest absolute Gasteiger partial charge is 0.460 e. The predicted molar refractivity (Wildman–Crippen MR) is 78.4 cm³/mol. The topological polar surface area (TPSA) is 96.8 Å². The van der Waals surface area contributed by atoms with Gasteiger partial charge in [0.2, 0.25) is 0 Å². The van der Waals surface area contributed by atoms with E-state index in [1.54, 1.807) is 0 Å². The first-order valence-electron chi connectivity index (χ1n) is 6.58. The van der Waals surface area contributed by atoms with E-state index in [1.807, 2.05) is 30.3 Å². The van der Waals surface area contributed by atoms with E-state index in [0.717, 1.165) is 20.0 Å². The number of ether oxygens (including phenoxy) is 1. The van der Waals surface area contributed by atoms with Crippen molar-refractivity contribution in [2.75, 3.05) is 12.9 Å². The van der Waals surface area contributed by atoms with E-state index in [1.165, 1.54) is 5.56 Å². The molecule has 0 heterocycles. The maximum atomic E-state index is 11.8. The van der Waals surface area contributed by atoms with Crippen molar-refractivity contribution in [3.8, 4) is 0 Å². The molecule has 0 aliphatic rings. The number of methoxy groups -OCH3 is 1. The van der Waals surface area contributed by atoms with Gasteiger partial charge in [-0.05, 0) is 24.8 Å². The van der Waals surface area contributed by atoms with E-state index < -0.39 is 20.9 Å². The van der Waals surface area contributed by atoms with Crippen LogP contribution in [-0.4, -0.2) is 37.1 Å². The number of carbonyl (C=O) groups is 1. The molecule has 0 aliphatic carbocycles. The molecular weight excluding hydrogens is 292 g/mol. The number of unbranched alkanes of at least 4 members (excludes halogenated alkanes) is 2. The van der Waals surface area contributed by atoms with Crippen LogP contribution >= 0.6 is 0 Å². The monoisotopic (exact) mass is 310 g/mol. The first kappa shape index (κ1) is 17.1. The van der Waals surface area contributed by atoms with Crippen molar-refractivity contribution in [3.63, 3.8) is 0 Å². The Morgan fingerprint density at radius 3 is 2.43 bits per heavy atom. The molecule has 0 saturated heterocycles. The summed E-state index contributed by atoms with van der Waals surface area (Å²) in [6.45, 7) is 0. The van der Waals surface area contributed by atoms with Crippen molar-refractivity contribution in [3.05, 3.63) is 41.4 Å². The highest BCUT2D eigenvalue weighted by molar-refractivity contribution is 8.07. The van der Waals surface area contributed by atoms with Gasteiger partial charge in [-0.25, -0.2) is 13.2 Å². The van der Waals surface area contributed by atoms with Crippen LogP contribution in [0.5, 0.6) is 0 Å². The van der Waals surface area contributed by atoms with Crippen LogP contribution in [0.3, 0.4) is 0 Å². The number of rotatable bonds is 6. The summed E-state index contributed by atoms with van der Waals surface area (Å²) in [7, 11) is -2.87. The number of esters is 1. The zero-order chi connectivity index (χ0) is 15.7. The molecule has 0 N–H and O–H groups in total. The van der Waals surface area contributed by atoms with E-state index in [0.29, 0.717) is 12.8 Å². The summed E-state index contributed by atoms with van der Waals surface area (Å²) in [4.78, 5) is 13.7. The van der Waals surface area contributed by atoms with Gasteiger partial charge in [-0.1, -0.05) is 36.8 Å². The summed E-state index contributed by atoms with van der Waals surface area (Å²) < 4.78 is 27.9. The summed E-state index contributed by atoms with van der Waals surface area (Å²) in [6.07, 6.45) is 2.82. The van der Waals surface area contributed by atoms with Crippen LogP contribution in [0, 0.1) is 0 Å². The Balaban J connectivity index is 2.41.